The zero-order valence-corrected chi connectivity index (χ0v) is 11.8. The summed E-state index contributed by atoms with van der Waals surface area (Å²) in [6.07, 6.45) is 1.74. The van der Waals surface area contributed by atoms with E-state index in [1.54, 1.807) is 19.2 Å². The van der Waals surface area contributed by atoms with Crippen LogP contribution in [0.15, 0.2) is 47.7 Å². The first-order chi connectivity index (χ1) is 10.6. The van der Waals surface area contributed by atoms with Crippen molar-refractivity contribution in [3.63, 3.8) is 0 Å². The van der Waals surface area contributed by atoms with Crippen LogP contribution in [0.2, 0.25) is 0 Å². The third kappa shape index (κ3) is 3.92. The number of aromatic nitrogens is 1. The third-order valence-corrected chi connectivity index (χ3v) is 2.76. The highest BCUT2D eigenvalue weighted by atomic mass is 16.6. The first-order valence-corrected chi connectivity index (χ1v) is 6.41. The van der Waals surface area contributed by atoms with E-state index >= 15 is 0 Å². The van der Waals surface area contributed by atoms with Gasteiger partial charge in [0, 0.05) is 12.3 Å². The van der Waals surface area contributed by atoms with E-state index in [-0.39, 0.29) is 18.0 Å². The van der Waals surface area contributed by atoms with Crippen molar-refractivity contribution in [2.24, 2.45) is 5.10 Å². The van der Waals surface area contributed by atoms with Gasteiger partial charge in [0.05, 0.1) is 16.3 Å². The highest BCUT2D eigenvalue weighted by Gasteiger charge is 2.14. The lowest BCUT2D eigenvalue weighted by Crippen LogP contribution is -2.25. The Morgan fingerprint density at radius 3 is 2.82 bits per heavy atom. The minimum Gasteiger partial charge on any atom is -0.477 e. The van der Waals surface area contributed by atoms with Gasteiger partial charge in [0.25, 0.3) is 5.91 Å². The summed E-state index contributed by atoms with van der Waals surface area (Å²) in [7, 11) is 0. The van der Waals surface area contributed by atoms with E-state index in [9.17, 15) is 14.9 Å². The number of nitro benzene ring substituents is 1. The smallest absolute Gasteiger partial charge is 0.310 e. The molecule has 0 atom stereocenters. The lowest BCUT2D eigenvalue weighted by atomic mass is 10.3. The highest BCUT2D eigenvalue weighted by Crippen LogP contribution is 2.25. The van der Waals surface area contributed by atoms with Gasteiger partial charge in [-0.15, -0.1) is 0 Å². The van der Waals surface area contributed by atoms with Gasteiger partial charge < -0.3 is 9.72 Å². The molecule has 2 rings (SSSR count). The number of carbonyl (C=O) groups excluding carboxylic acids is 1. The molecule has 22 heavy (non-hydrogen) atoms. The molecule has 1 aromatic heterocycles. The number of carbonyl (C=O) groups is 1. The Kier molecular flexibility index (Phi) is 4.86. The maximum Gasteiger partial charge on any atom is 0.310 e. The zero-order valence-electron chi connectivity index (χ0n) is 11.8. The second kappa shape index (κ2) is 7.02. The van der Waals surface area contributed by atoms with Crippen LogP contribution < -0.4 is 10.2 Å². The Morgan fingerprint density at radius 1 is 1.36 bits per heavy atom. The summed E-state index contributed by atoms with van der Waals surface area (Å²) >= 11 is 0. The number of ether oxygens (including phenoxy) is 1. The van der Waals surface area contributed by atoms with Gasteiger partial charge in [-0.05, 0) is 25.1 Å². The van der Waals surface area contributed by atoms with Gasteiger partial charge in [-0.1, -0.05) is 12.1 Å². The molecule has 0 radical (unpaired) electrons. The highest BCUT2D eigenvalue weighted by molar-refractivity contribution is 5.97. The lowest BCUT2D eigenvalue weighted by Gasteiger charge is -2.05. The summed E-state index contributed by atoms with van der Waals surface area (Å²) in [5, 5.41) is 14.7. The summed E-state index contributed by atoms with van der Waals surface area (Å²) in [5.74, 6) is -0.475. The van der Waals surface area contributed by atoms with Gasteiger partial charge in [-0.2, -0.15) is 5.10 Å². The van der Waals surface area contributed by atoms with Crippen molar-refractivity contribution < 1.29 is 14.5 Å². The number of nitrogens with one attached hydrogen (secondary N) is 2. The van der Waals surface area contributed by atoms with E-state index in [2.05, 4.69) is 15.5 Å². The summed E-state index contributed by atoms with van der Waals surface area (Å²) in [4.78, 5) is 24.8. The van der Waals surface area contributed by atoms with Crippen LogP contribution in [0.25, 0.3) is 0 Å². The topological polar surface area (TPSA) is 110 Å². The minimum atomic E-state index is -0.569. The number of hydrogen-bond donors (Lipinski definition) is 2. The van der Waals surface area contributed by atoms with Crippen LogP contribution in [-0.2, 0) is 4.79 Å². The number of benzene rings is 1. The maximum atomic E-state index is 11.6. The van der Waals surface area contributed by atoms with Crippen LogP contribution >= 0.6 is 0 Å². The fourth-order valence-corrected chi connectivity index (χ4v) is 1.67. The fraction of sp³-hybridized carbons (Fsp3) is 0.143. The second-order valence-electron chi connectivity index (χ2n) is 4.33. The molecule has 0 aliphatic heterocycles. The average molecular weight is 302 g/mol. The van der Waals surface area contributed by atoms with Crippen LogP contribution in [0.3, 0.4) is 0 Å². The quantitative estimate of drug-likeness (QED) is 0.482. The number of hydrazone groups is 1. The molecule has 1 amide bonds. The summed E-state index contributed by atoms with van der Waals surface area (Å²) in [5.41, 5.74) is 3.51. The monoisotopic (exact) mass is 302 g/mol. The molecule has 0 unspecified atom stereocenters. The van der Waals surface area contributed by atoms with Crippen molar-refractivity contribution in [1.29, 1.82) is 0 Å². The molecule has 0 saturated heterocycles. The SMILES string of the molecule is C/C(=N\NC(=O)COc1ccccc1[N+](=O)[O-])c1ccc[nH]1. The molecule has 114 valence electrons. The minimum absolute atomic E-state index is 0.0349. The molecule has 1 aromatic carbocycles. The fourth-order valence-electron chi connectivity index (χ4n) is 1.67. The number of rotatable bonds is 6. The van der Waals surface area contributed by atoms with E-state index < -0.39 is 10.8 Å². The van der Waals surface area contributed by atoms with Crippen LogP contribution in [0.4, 0.5) is 5.69 Å². The molecule has 8 heteroatoms. The first kappa shape index (κ1) is 15.2. The van der Waals surface area contributed by atoms with E-state index in [1.165, 1.54) is 18.2 Å². The van der Waals surface area contributed by atoms with Crippen molar-refractivity contribution in [3.8, 4) is 5.75 Å². The molecule has 0 fully saturated rings. The largest absolute Gasteiger partial charge is 0.477 e. The van der Waals surface area contributed by atoms with Crippen molar-refractivity contribution >= 4 is 17.3 Å². The van der Waals surface area contributed by atoms with Crippen molar-refractivity contribution in [2.75, 3.05) is 6.61 Å². The number of para-hydroxylation sites is 2. The van der Waals surface area contributed by atoms with E-state index in [0.717, 1.165) is 5.69 Å². The normalized spacial score (nSPS) is 11.0. The molecule has 2 N–H and O–H groups in total. The van der Waals surface area contributed by atoms with E-state index in [4.69, 9.17) is 4.74 Å². The molecule has 0 aliphatic rings. The second-order valence-corrected chi connectivity index (χ2v) is 4.33. The van der Waals surface area contributed by atoms with Gasteiger partial charge in [-0.25, -0.2) is 5.43 Å². The third-order valence-electron chi connectivity index (χ3n) is 2.76. The number of nitrogens with zero attached hydrogens (tertiary/aromatic N) is 2. The summed E-state index contributed by atoms with van der Waals surface area (Å²) in [6, 6.07) is 9.48. The molecular weight excluding hydrogens is 288 g/mol. The number of amides is 1. The average Bonchev–Trinajstić information content (AvgIpc) is 3.05. The molecule has 0 aliphatic carbocycles. The summed E-state index contributed by atoms with van der Waals surface area (Å²) in [6.45, 7) is 1.36. The first-order valence-electron chi connectivity index (χ1n) is 6.41. The van der Waals surface area contributed by atoms with Gasteiger partial charge >= 0.3 is 5.69 Å². The molecule has 1 heterocycles. The Labute approximate surface area is 126 Å². The number of nitro groups is 1. The number of H-pyrrole nitrogens is 1. The Bertz CT molecular complexity index is 695. The molecular formula is C14H14N4O4. The number of aromatic amines is 1. The van der Waals surface area contributed by atoms with E-state index in [0.29, 0.717) is 5.71 Å². The Balaban J connectivity index is 1.91. The van der Waals surface area contributed by atoms with E-state index in [1.807, 2.05) is 12.1 Å². The van der Waals surface area contributed by atoms with Crippen molar-refractivity contribution in [1.82, 2.24) is 10.4 Å². The zero-order chi connectivity index (χ0) is 15.9. The predicted molar refractivity (Wildman–Crippen MR) is 79.7 cm³/mol. The van der Waals surface area contributed by atoms with Crippen LogP contribution in [0.1, 0.15) is 12.6 Å². The van der Waals surface area contributed by atoms with Crippen molar-refractivity contribution in [3.05, 3.63) is 58.4 Å². The van der Waals surface area contributed by atoms with Gasteiger partial charge in [0.1, 0.15) is 0 Å². The molecule has 0 spiro atoms. The van der Waals surface area contributed by atoms with Crippen molar-refractivity contribution in [2.45, 2.75) is 6.92 Å². The van der Waals surface area contributed by atoms with Gasteiger partial charge in [0.15, 0.2) is 12.4 Å². The lowest BCUT2D eigenvalue weighted by molar-refractivity contribution is -0.385. The van der Waals surface area contributed by atoms with Crippen LogP contribution in [0, 0.1) is 10.1 Å². The van der Waals surface area contributed by atoms with Gasteiger partial charge in [0.2, 0.25) is 0 Å². The molecule has 8 nitrogen and oxygen atoms in total. The molecule has 2 aromatic rings. The van der Waals surface area contributed by atoms with Gasteiger partial charge in [-0.3, -0.25) is 14.9 Å². The summed E-state index contributed by atoms with van der Waals surface area (Å²) < 4.78 is 5.15. The maximum absolute atomic E-state index is 11.6. The van der Waals surface area contributed by atoms with Crippen LogP contribution in [-0.4, -0.2) is 28.1 Å². The Morgan fingerprint density at radius 2 is 2.14 bits per heavy atom. The molecule has 0 saturated carbocycles. The predicted octanol–water partition coefficient (Wildman–Crippen LogP) is 1.84. The van der Waals surface area contributed by atoms with Crippen LogP contribution in [0.5, 0.6) is 5.75 Å². The standard InChI is InChI=1S/C14H14N4O4/c1-10(11-5-4-8-15-11)16-17-14(19)9-22-13-7-3-2-6-12(13)18(20)21/h2-8,15H,9H2,1H3,(H,17,19)/b16-10+. The number of hydrogen-bond acceptors (Lipinski definition) is 5. The Hall–Kier alpha value is -3.16. The molecule has 0 bridgehead atoms.